The number of carbonyl (C=O) groups is 2. The van der Waals surface area contributed by atoms with E-state index in [-0.39, 0.29) is 29.6 Å². The second kappa shape index (κ2) is 7.51. The van der Waals surface area contributed by atoms with Crippen LogP contribution >= 0.6 is 22.7 Å². The number of nitrogens with zero attached hydrogens (tertiary/aromatic N) is 2. The number of carbonyl (C=O) groups excluding carboxylic acids is 2. The zero-order valence-electron chi connectivity index (χ0n) is 13.0. The van der Waals surface area contributed by atoms with Gasteiger partial charge in [-0.15, -0.1) is 11.3 Å². The van der Waals surface area contributed by atoms with Gasteiger partial charge >= 0.3 is 10.8 Å². The summed E-state index contributed by atoms with van der Waals surface area (Å²) in [4.78, 5) is 39.9. The molecule has 0 fully saturated rings. The summed E-state index contributed by atoms with van der Waals surface area (Å²) < 4.78 is 6.16. The molecular formula is C14H17N3O4S2. The first kappa shape index (κ1) is 17.4. The molecule has 1 N–H and O–H groups in total. The SMILES string of the molecule is COC(=O)Cc1csc(NC(=O)CCn2c(C)c(C)sc2=O)n1. The molecule has 0 aromatic carbocycles. The molecule has 9 heteroatoms. The number of aryl methyl sites for hydroxylation is 1. The third kappa shape index (κ3) is 4.49. The molecule has 2 rings (SSSR count). The summed E-state index contributed by atoms with van der Waals surface area (Å²) in [6.07, 6.45) is 0.258. The molecule has 0 aliphatic rings. The number of hydrogen-bond donors (Lipinski definition) is 1. The van der Waals surface area contributed by atoms with Gasteiger partial charge in [-0.25, -0.2) is 4.98 Å². The highest BCUT2D eigenvalue weighted by atomic mass is 32.1. The Labute approximate surface area is 140 Å². The van der Waals surface area contributed by atoms with Gasteiger partial charge in [-0.05, 0) is 13.8 Å². The lowest BCUT2D eigenvalue weighted by Gasteiger charge is -2.05. The summed E-state index contributed by atoms with van der Waals surface area (Å²) in [6.45, 7) is 4.09. The Balaban J connectivity index is 1.90. The van der Waals surface area contributed by atoms with E-state index in [1.807, 2.05) is 13.8 Å². The van der Waals surface area contributed by atoms with Gasteiger partial charge < -0.3 is 14.6 Å². The maximum atomic E-state index is 12.0. The molecule has 0 aliphatic carbocycles. The van der Waals surface area contributed by atoms with Gasteiger partial charge in [0.25, 0.3) is 0 Å². The standard InChI is InChI=1S/C14H17N3O4S2/c1-8-9(2)23-14(20)17(8)5-4-11(18)16-13-15-10(7-22-13)6-12(19)21-3/h7H,4-6H2,1-3H3,(H,15,16,18). The summed E-state index contributed by atoms with van der Waals surface area (Å²) in [5, 5.41) is 4.80. The van der Waals surface area contributed by atoms with Gasteiger partial charge in [0, 0.05) is 28.9 Å². The predicted molar refractivity (Wildman–Crippen MR) is 89.1 cm³/mol. The van der Waals surface area contributed by atoms with Crippen molar-refractivity contribution in [2.75, 3.05) is 12.4 Å². The molecule has 0 spiro atoms. The average molecular weight is 355 g/mol. The lowest BCUT2D eigenvalue weighted by atomic mass is 10.3. The normalized spacial score (nSPS) is 10.6. The molecule has 23 heavy (non-hydrogen) atoms. The number of rotatable bonds is 6. The second-order valence-electron chi connectivity index (χ2n) is 4.86. The minimum Gasteiger partial charge on any atom is -0.469 e. The fraction of sp³-hybridized carbons (Fsp3) is 0.429. The van der Waals surface area contributed by atoms with Crippen molar-refractivity contribution >= 4 is 39.7 Å². The summed E-state index contributed by atoms with van der Waals surface area (Å²) >= 11 is 2.43. The van der Waals surface area contributed by atoms with Crippen molar-refractivity contribution in [2.45, 2.75) is 33.2 Å². The smallest absolute Gasteiger partial charge is 0.311 e. The molecule has 0 saturated carbocycles. The molecule has 124 valence electrons. The van der Waals surface area contributed by atoms with Crippen LogP contribution in [0.25, 0.3) is 0 Å². The van der Waals surface area contributed by atoms with E-state index in [1.165, 1.54) is 29.8 Å². The van der Waals surface area contributed by atoms with Gasteiger partial charge in [0.05, 0.1) is 19.2 Å². The Morgan fingerprint density at radius 1 is 1.39 bits per heavy atom. The van der Waals surface area contributed by atoms with Crippen molar-refractivity contribution in [3.8, 4) is 0 Å². The maximum absolute atomic E-state index is 12.0. The van der Waals surface area contributed by atoms with Gasteiger partial charge in [0.1, 0.15) is 0 Å². The molecule has 0 atom stereocenters. The van der Waals surface area contributed by atoms with Crippen LogP contribution in [-0.2, 0) is 27.3 Å². The molecule has 0 saturated heterocycles. The first-order chi connectivity index (χ1) is 10.9. The Bertz CT molecular complexity index is 775. The molecule has 1 amide bonds. The van der Waals surface area contributed by atoms with Gasteiger partial charge in [-0.2, -0.15) is 0 Å². The Kier molecular flexibility index (Phi) is 5.67. The number of ether oxygens (including phenoxy) is 1. The van der Waals surface area contributed by atoms with Crippen LogP contribution in [0.2, 0.25) is 0 Å². The van der Waals surface area contributed by atoms with Crippen molar-refractivity contribution in [3.63, 3.8) is 0 Å². The van der Waals surface area contributed by atoms with Crippen molar-refractivity contribution in [3.05, 3.63) is 31.3 Å². The summed E-state index contributed by atoms with van der Waals surface area (Å²) in [5.41, 5.74) is 1.44. The Morgan fingerprint density at radius 2 is 2.13 bits per heavy atom. The number of amides is 1. The van der Waals surface area contributed by atoms with Crippen molar-refractivity contribution in [1.29, 1.82) is 0 Å². The monoisotopic (exact) mass is 355 g/mol. The van der Waals surface area contributed by atoms with E-state index in [9.17, 15) is 14.4 Å². The van der Waals surface area contributed by atoms with Crippen LogP contribution in [0.4, 0.5) is 5.13 Å². The predicted octanol–water partition coefficient (Wildman–Crippen LogP) is 1.73. The van der Waals surface area contributed by atoms with E-state index in [2.05, 4.69) is 15.0 Å². The van der Waals surface area contributed by atoms with E-state index in [1.54, 1.807) is 9.95 Å². The number of aromatic nitrogens is 2. The second-order valence-corrected chi connectivity index (χ2v) is 6.88. The van der Waals surface area contributed by atoms with Crippen molar-refractivity contribution in [2.24, 2.45) is 0 Å². The van der Waals surface area contributed by atoms with Crippen LogP contribution in [-0.4, -0.2) is 28.5 Å². The van der Waals surface area contributed by atoms with Gasteiger partial charge in [0.2, 0.25) is 5.91 Å². The summed E-state index contributed by atoms with van der Waals surface area (Å²) in [5.74, 6) is -0.602. The van der Waals surface area contributed by atoms with Gasteiger partial charge in [-0.3, -0.25) is 14.4 Å². The topological polar surface area (TPSA) is 90.3 Å². The zero-order valence-corrected chi connectivity index (χ0v) is 14.7. The van der Waals surface area contributed by atoms with E-state index >= 15 is 0 Å². The van der Waals surface area contributed by atoms with Gasteiger partial charge in [0.15, 0.2) is 5.13 Å². The quantitative estimate of drug-likeness (QED) is 0.797. The number of esters is 1. The van der Waals surface area contributed by atoms with E-state index in [0.717, 1.165) is 10.6 Å². The molecular weight excluding hydrogens is 338 g/mol. The summed E-state index contributed by atoms with van der Waals surface area (Å²) in [7, 11) is 1.31. The molecule has 0 aliphatic heterocycles. The van der Waals surface area contributed by atoms with Crippen LogP contribution in [0.3, 0.4) is 0 Å². The molecule has 0 unspecified atom stereocenters. The minimum atomic E-state index is -0.379. The molecule has 2 aromatic heterocycles. The molecule has 2 aromatic rings. The third-order valence-electron chi connectivity index (χ3n) is 3.29. The highest BCUT2D eigenvalue weighted by molar-refractivity contribution is 7.14. The average Bonchev–Trinajstić information content (AvgIpc) is 3.02. The van der Waals surface area contributed by atoms with Crippen molar-refractivity contribution < 1.29 is 14.3 Å². The maximum Gasteiger partial charge on any atom is 0.311 e. The Morgan fingerprint density at radius 3 is 2.74 bits per heavy atom. The van der Waals surface area contributed by atoms with Crippen LogP contribution in [0, 0.1) is 13.8 Å². The third-order valence-corrected chi connectivity index (χ3v) is 5.09. The van der Waals surface area contributed by atoms with Gasteiger partial charge in [-0.1, -0.05) is 11.3 Å². The van der Waals surface area contributed by atoms with Crippen LogP contribution in [0.5, 0.6) is 0 Å². The molecule has 0 radical (unpaired) electrons. The van der Waals surface area contributed by atoms with Crippen LogP contribution in [0.15, 0.2) is 10.2 Å². The van der Waals surface area contributed by atoms with E-state index in [0.29, 0.717) is 17.4 Å². The number of nitrogens with one attached hydrogen (secondary N) is 1. The number of hydrogen-bond acceptors (Lipinski definition) is 7. The van der Waals surface area contributed by atoms with E-state index in [4.69, 9.17) is 0 Å². The van der Waals surface area contributed by atoms with Crippen LogP contribution < -0.4 is 10.2 Å². The first-order valence-corrected chi connectivity index (χ1v) is 8.58. The molecule has 0 bridgehead atoms. The fourth-order valence-electron chi connectivity index (χ4n) is 1.91. The first-order valence-electron chi connectivity index (χ1n) is 6.88. The molecule has 7 nitrogen and oxygen atoms in total. The zero-order chi connectivity index (χ0) is 17.0. The fourth-order valence-corrected chi connectivity index (χ4v) is 3.49. The number of thiazole rings is 2. The number of anilines is 1. The largest absolute Gasteiger partial charge is 0.469 e. The van der Waals surface area contributed by atoms with Crippen LogP contribution in [0.1, 0.15) is 22.7 Å². The highest BCUT2D eigenvalue weighted by Gasteiger charge is 2.12. The Hall–Kier alpha value is -2.00. The lowest BCUT2D eigenvalue weighted by molar-refractivity contribution is -0.139. The van der Waals surface area contributed by atoms with Crippen molar-refractivity contribution in [1.82, 2.24) is 9.55 Å². The lowest BCUT2D eigenvalue weighted by Crippen LogP contribution is -2.20. The molecule has 2 heterocycles. The minimum absolute atomic E-state index is 0.0533. The highest BCUT2D eigenvalue weighted by Crippen LogP contribution is 2.16. The summed E-state index contributed by atoms with van der Waals surface area (Å²) in [6, 6.07) is 0. The number of methoxy groups -OCH3 is 1. The van der Waals surface area contributed by atoms with E-state index < -0.39 is 0 Å².